The number of hydrogen-bond acceptors (Lipinski definition) is 5. The molecule has 0 saturated carbocycles. The summed E-state index contributed by atoms with van der Waals surface area (Å²) in [7, 11) is 0. The van der Waals surface area contributed by atoms with Gasteiger partial charge in [-0.3, -0.25) is 9.59 Å². The van der Waals surface area contributed by atoms with Crippen LogP contribution in [0.1, 0.15) is 290 Å². The van der Waals surface area contributed by atoms with E-state index < -0.39 is 12.1 Å². The van der Waals surface area contributed by atoms with Crippen molar-refractivity contribution in [1.29, 1.82) is 0 Å². The molecule has 6 nitrogen and oxygen atoms in total. The minimum absolute atomic E-state index is 0.0259. The van der Waals surface area contributed by atoms with E-state index in [1.165, 1.54) is 180 Å². The Morgan fingerprint density at radius 2 is 0.770 bits per heavy atom. The van der Waals surface area contributed by atoms with Crippen molar-refractivity contribution in [3.8, 4) is 0 Å². The number of aliphatic hydroxyl groups excluding tert-OH is 2. The molecule has 6 heteroatoms. The standard InChI is InChI=1S/C55H105NO5/c1-3-5-7-9-11-13-15-17-19-20-22-24-29-33-37-41-45-49-55(60)61-50-46-42-38-34-30-26-25-28-32-36-40-44-48-54(59)56-52(51-57)53(58)47-43-39-35-31-27-23-21-18-16-14-12-10-8-6-4-2/h17,19,26,30,52-53,57-58H,3-16,18,20-25,27-29,31-51H2,1-2H3,(H,56,59)/b19-17-,30-26-. The van der Waals surface area contributed by atoms with Crippen LogP contribution in [0.25, 0.3) is 0 Å². The average molecular weight is 860 g/mol. The topological polar surface area (TPSA) is 95.9 Å². The van der Waals surface area contributed by atoms with E-state index in [4.69, 9.17) is 4.74 Å². The van der Waals surface area contributed by atoms with E-state index in [-0.39, 0.29) is 18.5 Å². The summed E-state index contributed by atoms with van der Waals surface area (Å²) < 4.78 is 5.45. The molecule has 0 aromatic carbocycles. The fourth-order valence-electron chi connectivity index (χ4n) is 8.28. The highest BCUT2D eigenvalue weighted by atomic mass is 16.5. The molecular weight excluding hydrogens is 755 g/mol. The van der Waals surface area contributed by atoms with E-state index in [0.717, 1.165) is 77.0 Å². The van der Waals surface area contributed by atoms with Crippen LogP contribution in [-0.2, 0) is 14.3 Å². The SMILES string of the molecule is CCCCCCCC/C=C\CCCCCCCCCC(=O)OCCCCC/C=C\CCCCCCCC(=O)NC(CO)C(O)CCCCCCCCCCCCCCCCC. The first-order valence-corrected chi connectivity index (χ1v) is 27.1. The third kappa shape index (κ3) is 47.7. The first kappa shape index (κ1) is 59.3. The Bertz CT molecular complexity index is 951. The van der Waals surface area contributed by atoms with Crippen molar-refractivity contribution in [3.05, 3.63) is 24.3 Å². The molecule has 0 aromatic rings. The third-order valence-electron chi connectivity index (χ3n) is 12.5. The summed E-state index contributed by atoms with van der Waals surface area (Å²) in [5, 5.41) is 23.2. The molecule has 360 valence electrons. The van der Waals surface area contributed by atoms with Gasteiger partial charge in [-0.15, -0.1) is 0 Å². The maximum absolute atomic E-state index is 12.4. The van der Waals surface area contributed by atoms with E-state index in [9.17, 15) is 19.8 Å². The van der Waals surface area contributed by atoms with E-state index in [0.29, 0.717) is 25.9 Å². The van der Waals surface area contributed by atoms with E-state index >= 15 is 0 Å². The number of esters is 1. The Hall–Kier alpha value is -1.66. The summed E-state index contributed by atoms with van der Waals surface area (Å²) >= 11 is 0. The number of rotatable bonds is 50. The van der Waals surface area contributed by atoms with Gasteiger partial charge in [-0.2, -0.15) is 0 Å². The summed E-state index contributed by atoms with van der Waals surface area (Å²) in [6.07, 6.45) is 60.1. The average Bonchev–Trinajstić information content (AvgIpc) is 3.26. The molecule has 61 heavy (non-hydrogen) atoms. The lowest BCUT2D eigenvalue weighted by atomic mass is 10.0. The second-order valence-corrected chi connectivity index (χ2v) is 18.6. The molecule has 0 radical (unpaired) electrons. The van der Waals surface area contributed by atoms with Crippen molar-refractivity contribution in [2.75, 3.05) is 13.2 Å². The second-order valence-electron chi connectivity index (χ2n) is 18.6. The minimum Gasteiger partial charge on any atom is -0.466 e. The van der Waals surface area contributed by atoms with Gasteiger partial charge < -0.3 is 20.3 Å². The summed E-state index contributed by atoms with van der Waals surface area (Å²) in [4.78, 5) is 24.5. The van der Waals surface area contributed by atoms with Crippen molar-refractivity contribution in [3.63, 3.8) is 0 Å². The maximum atomic E-state index is 12.4. The van der Waals surface area contributed by atoms with Gasteiger partial charge in [0.2, 0.25) is 5.91 Å². The molecule has 0 rings (SSSR count). The molecule has 0 spiro atoms. The summed E-state index contributed by atoms with van der Waals surface area (Å²) in [5.41, 5.74) is 0. The summed E-state index contributed by atoms with van der Waals surface area (Å²) in [5.74, 6) is -0.0861. The largest absolute Gasteiger partial charge is 0.466 e. The molecule has 0 aliphatic heterocycles. The van der Waals surface area contributed by atoms with Gasteiger partial charge in [-0.1, -0.05) is 218 Å². The van der Waals surface area contributed by atoms with E-state index in [1.807, 2.05) is 0 Å². The van der Waals surface area contributed by atoms with Crippen molar-refractivity contribution in [2.45, 2.75) is 302 Å². The highest BCUT2D eigenvalue weighted by Crippen LogP contribution is 2.16. The number of unbranched alkanes of at least 4 members (excludes halogenated alkanes) is 35. The summed E-state index contributed by atoms with van der Waals surface area (Å²) in [6.45, 7) is 4.89. The second kappa shape index (κ2) is 51.0. The molecule has 0 bridgehead atoms. The van der Waals surface area contributed by atoms with Gasteiger partial charge in [0, 0.05) is 12.8 Å². The number of ether oxygens (including phenoxy) is 1. The van der Waals surface area contributed by atoms with Crippen LogP contribution >= 0.6 is 0 Å². The molecule has 2 unspecified atom stereocenters. The van der Waals surface area contributed by atoms with Gasteiger partial charge in [-0.05, 0) is 83.5 Å². The van der Waals surface area contributed by atoms with Crippen LogP contribution in [0, 0.1) is 0 Å². The monoisotopic (exact) mass is 860 g/mol. The smallest absolute Gasteiger partial charge is 0.305 e. The number of allylic oxidation sites excluding steroid dienone is 4. The normalized spacial score (nSPS) is 12.8. The van der Waals surface area contributed by atoms with Crippen molar-refractivity contribution in [2.24, 2.45) is 0 Å². The number of hydrogen-bond donors (Lipinski definition) is 3. The zero-order chi connectivity index (χ0) is 44.4. The number of amides is 1. The molecule has 1 amide bonds. The molecule has 0 heterocycles. The fourth-order valence-corrected chi connectivity index (χ4v) is 8.28. The number of carbonyl (C=O) groups is 2. The molecule has 0 aromatic heterocycles. The molecule has 2 atom stereocenters. The lowest BCUT2D eigenvalue weighted by Gasteiger charge is -2.22. The Kier molecular flexibility index (Phi) is 49.6. The zero-order valence-electron chi connectivity index (χ0n) is 40.9. The highest BCUT2D eigenvalue weighted by Gasteiger charge is 2.20. The minimum atomic E-state index is -0.680. The molecular formula is C55H105NO5. The number of nitrogens with one attached hydrogen (secondary N) is 1. The Balaban J connectivity index is 3.49. The van der Waals surface area contributed by atoms with Crippen LogP contribution in [0.3, 0.4) is 0 Å². The molecule has 3 N–H and O–H groups in total. The van der Waals surface area contributed by atoms with Gasteiger partial charge in [0.1, 0.15) is 0 Å². The first-order chi connectivity index (χ1) is 30.0. The van der Waals surface area contributed by atoms with Gasteiger partial charge in [0.15, 0.2) is 0 Å². The van der Waals surface area contributed by atoms with Crippen LogP contribution in [0.2, 0.25) is 0 Å². The summed E-state index contributed by atoms with van der Waals surface area (Å²) in [6, 6.07) is -0.560. The number of carbonyl (C=O) groups excluding carboxylic acids is 2. The highest BCUT2D eigenvalue weighted by molar-refractivity contribution is 5.76. The predicted molar refractivity (Wildman–Crippen MR) is 264 cm³/mol. The Morgan fingerprint density at radius 3 is 1.16 bits per heavy atom. The van der Waals surface area contributed by atoms with Gasteiger partial charge >= 0.3 is 5.97 Å². The predicted octanol–water partition coefficient (Wildman–Crippen LogP) is 16.3. The van der Waals surface area contributed by atoms with Gasteiger partial charge in [-0.25, -0.2) is 0 Å². The van der Waals surface area contributed by atoms with Crippen molar-refractivity contribution >= 4 is 11.9 Å². The van der Waals surface area contributed by atoms with E-state index in [2.05, 4.69) is 43.5 Å². The van der Waals surface area contributed by atoms with Gasteiger partial charge in [0.05, 0.1) is 25.4 Å². The van der Waals surface area contributed by atoms with Crippen molar-refractivity contribution < 1.29 is 24.5 Å². The Labute approximate surface area is 380 Å². The quantitative estimate of drug-likeness (QED) is 0.0322. The van der Waals surface area contributed by atoms with Crippen LogP contribution < -0.4 is 5.32 Å². The van der Waals surface area contributed by atoms with Crippen molar-refractivity contribution in [1.82, 2.24) is 5.32 Å². The maximum Gasteiger partial charge on any atom is 0.305 e. The van der Waals surface area contributed by atoms with Crippen LogP contribution in [-0.4, -0.2) is 47.4 Å². The van der Waals surface area contributed by atoms with Crippen LogP contribution in [0.5, 0.6) is 0 Å². The Morgan fingerprint density at radius 1 is 0.443 bits per heavy atom. The zero-order valence-corrected chi connectivity index (χ0v) is 40.9. The molecule has 0 fully saturated rings. The number of aliphatic hydroxyl groups is 2. The van der Waals surface area contributed by atoms with Crippen LogP contribution in [0.4, 0.5) is 0 Å². The third-order valence-corrected chi connectivity index (χ3v) is 12.5. The first-order valence-electron chi connectivity index (χ1n) is 27.1. The van der Waals surface area contributed by atoms with Gasteiger partial charge in [0.25, 0.3) is 0 Å². The molecule has 0 aliphatic rings. The lowest BCUT2D eigenvalue weighted by Crippen LogP contribution is -2.45. The molecule has 0 saturated heterocycles. The fraction of sp³-hybridized carbons (Fsp3) is 0.891. The van der Waals surface area contributed by atoms with Crippen LogP contribution in [0.15, 0.2) is 24.3 Å². The van der Waals surface area contributed by atoms with E-state index in [1.54, 1.807) is 0 Å². The lowest BCUT2D eigenvalue weighted by molar-refractivity contribution is -0.143. The molecule has 0 aliphatic carbocycles.